The topological polar surface area (TPSA) is 49.0 Å². The van der Waals surface area contributed by atoms with Crippen LogP contribution in [-0.2, 0) is 0 Å². The Morgan fingerprint density at radius 3 is 2.64 bits per heavy atom. The van der Waals surface area contributed by atoms with Gasteiger partial charge in [0.1, 0.15) is 5.82 Å². The van der Waals surface area contributed by atoms with Crippen molar-refractivity contribution in [2.45, 2.75) is 13.0 Å². The Morgan fingerprint density at radius 2 is 1.79 bits per heavy atom. The van der Waals surface area contributed by atoms with Crippen LogP contribution >= 0.6 is 0 Å². The van der Waals surface area contributed by atoms with Crippen molar-refractivity contribution in [1.82, 2.24) is 9.97 Å². The number of anilines is 1. The number of pyridine rings is 1. The summed E-state index contributed by atoms with van der Waals surface area (Å²) in [5, 5.41) is 1.12. The zero-order valence-corrected chi connectivity index (χ0v) is 15.5. The van der Waals surface area contributed by atoms with E-state index in [4.69, 9.17) is 0 Å². The van der Waals surface area contributed by atoms with Crippen LogP contribution < -0.4 is 4.90 Å². The second kappa shape index (κ2) is 6.50. The number of aromatic nitrogens is 2. The maximum absolute atomic E-state index is 13.6. The first-order valence-electron chi connectivity index (χ1n) is 9.33. The second-order valence-corrected chi connectivity index (χ2v) is 6.97. The van der Waals surface area contributed by atoms with E-state index in [0.29, 0.717) is 11.4 Å². The predicted molar refractivity (Wildman–Crippen MR) is 112 cm³/mol. The van der Waals surface area contributed by atoms with Crippen LogP contribution in [-0.4, -0.2) is 15.9 Å². The molecule has 28 heavy (non-hydrogen) atoms. The Bertz CT molecular complexity index is 1210. The number of nitrogens with zero attached hydrogens (tertiary/aromatic N) is 2. The lowest BCUT2D eigenvalue weighted by Crippen LogP contribution is -2.37. The molecule has 2 aromatic carbocycles. The van der Waals surface area contributed by atoms with E-state index < -0.39 is 0 Å². The van der Waals surface area contributed by atoms with Gasteiger partial charge in [-0.05, 0) is 37.3 Å². The summed E-state index contributed by atoms with van der Waals surface area (Å²) in [6.07, 6.45) is 5.89. The highest BCUT2D eigenvalue weighted by Crippen LogP contribution is 2.40. The summed E-state index contributed by atoms with van der Waals surface area (Å²) >= 11 is 0. The number of aryl methyl sites for hydroxylation is 1. The Hall–Kier alpha value is -3.66. The largest absolute Gasteiger partial charge is 0.358 e. The van der Waals surface area contributed by atoms with Crippen LogP contribution in [0.4, 0.5) is 5.82 Å². The number of H-pyrrole nitrogens is 1. The number of rotatable bonds is 2. The Kier molecular flexibility index (Phi) is 3.83. The van der Waals surface area contributed by atoms with Crippen molar-refractivity contribution < 1.29 is 4.79 Å². The number of fused-ring (bicyclic) bond motifs is 2. The number of aromatic amines is 1. The molecule has 0 bridgehead atoms. The fourth-order valence-electron chi connectivity index (χ4n) is 4.00. The van der Waals surface area contributed by atoms with E-state index in [1.54, 1.807) is 6.20 Å². The van der Waals surface area contributed by atoms with Gasteiger partial charge in [0.05, 0.1) is 6.04 Å². The zero-order valence-electron chi connectivity index (χ0n) is 15.5. The van der Waals surface area contributed by atoms with Gasteiger partial charge in [0.25, 0.3) is 5.91 Å². The van der Waals surface area contributed by atoms with Crippen molar-refractivity contribution >= 4 is 28.7 Å². The molecular weight excluding hydrogens is 346 g/mol. The van der Waals surface area contributed by atoms with Crippen LogP contribution in [0.15, 0.2) is 79.0 Å². The minimum Gasteiger partial charge on any atom is -0.358 e. The van der Waals surface area contributed by atoms with Gasteiger partial charge in [-0.15, -0.1) is 0 Å². The Morgan fingerprint density at radius 1 is 1.00 bits per heavy atom. The van der Waals surface area contributed by atoms with Crippen molar-refractivity contribution in [2.24, 2.45) is 0 Å². The van der Waals surface area contributed by atoms with Crippen LogP contribution in [0.5, 0.6) is 0 Å². The molecule has 4 heteroatoms. The van der Waals surface area contributed by atoms with E-state index in [-0.39, 0.29) is 11.9 Å². The third-order valence-electron chi connectivity index (χ3n) is 5.26. The molecule has 0 saturated heterocycles. The van der Waals surface area contributed by atoms with E-state index in [9.17, 15) is 4.79 Å². The minimum absolute atomic E-state index is 0.0559. The van der Waals surface area contributed by atoms with Crippen molar-refractivity contribution in [3.8, 4) is 0 Å². The number of carbonyl (C=O) groups excluding carboxylic acids is 1. The first-order chi connectivity index (χ1) is 13.7. The minimum atomic E-state index is -0.230. The lowest BCUT2D eigenvalue weighted by Gasteiger charge is -2.33. The summed E-state index contributed by atoms with van der Waals surface area (Å²) in [5.74, 6) is 0.633. The number of carbonyl (C=O) groups is 1. The zero-order chi connectivity index (χ0) is 19.1. The molecule has 4 nitrogen and oxygen atoms in total. The van der Waals surface area contributed by atoms with Crippen LogP contribution in [0.3, 0.4) is 0 Å². The van der Waals surface area contributed by atoms with Crippen LogP contribution in [0, 0.1) is 6.92 Å². The summed E-state index contributed by atoms with van der Waals surface area (Å²) in [4.78, 5) is 23.4. The molecule has 0 saturated carbocycles. The van der Waals surface area contributed by atoms with Gasteiger partial charge in [0, 0.05) is 39.5 Å². The summed E-state index contributed by atoms with van der Waals surface area (Å²) in [5.41, 5.74) is 4.83. The van der Waals surface area contributed by atoms with E-state index in [0.717, 1.165) is 27.7 Å². The van der Waals surface area contributed by atoms with Gasteiger partial charge in [0.2, 0.25) is 0 Å². The van der Waals surface area contributed by atoms with Crippen molar-refractivity contribution in [3.05, 3.63) is 101 Å². The van der Waals surface area contributed by atoms with Gasteiger partial charge in [-0.1, -0.05) is 48.6 Å². The quantitative estimate of drug-likeness (QED) is 0.525. The third-order valence-corrected chi connectivity index (χ3v) is 5.26. The standard InChI is InChI=1S/C24H19N3O/c1-16-22(19-11-5-6-12-20(19)26-16)21-14-13-17-10-7-15-25-23(17)27(21)24(28)18-8-3-2-4-9-18/h2-15,21,26H,1H3. The number of para-hydroxylation sites is 1. The molecule has 1 amide bonds. The van der Waals surface area contributed by atoms with Gasteiger partial charge < -0.3 is 4.98 Å². The van der Waals surface area contributed by atoms with Gasteiger partial charge in [-0.3, -0.25) is 9.69 Å². The van der Waals surface area contributed by atoms with Gasteiger partial charge in [-0.2, -0.15) is 0 Å². The molecule has 1 aliphatic rings. The van der Waals surface area contributed by atoms with E-state index in [2.05, 4.69) is 41.2 Å². The smallest absolute Gasteiger partial charge is 0.260 e. The van der Waals surface area contributed by atoms with Gasteiger partial charge in [-0.25, -0.2) is 4.98 Å². The number of hydrogen-bond donors (Lipinski definition) is 1. The Balaban J connectivity index is 1.72. The highest BCUT2D eigenvalue weighted by atomic mass is 16.2. The maximum atomic E-state index is 13.6. The average molecular weight is 365 g/mol. The number of benzene rings is 2. The lowest BCUT2D eigenvalue weighted by atomic mass is 9.96. The molecule has 0 radical (unpaired) electrons. The summed E-state index contributed by atoms with van der Waals surface area (Å²) < 4.78 is 0. The first-order valence-corrected chi connectivity index (χ1v) is 9.33. The van der Waals surface area contributed by atoms with Crippen molar-refractivity contribution in [1.29, 1.82) is 0 Å². The lowest BCUT2D eigenvalue weighted by molar-refractivity contribution is 0.0980. The van der Waals surface area contributed by atoms with Crippen molar-refractivity contribution in [3.63, 3.8) is 0 Å². The molecule has 0 aliphatic carbocycles. The SMILES string of the molecule is Cc1[nH]c2ccccc2c1C1C=Cc2cccnc2N1C(=O)c1ccccc1. The molecular formula is C24H19N3O. The third kappa shape index (κ3) is 2.54. The number of amides is 1. The van der Waals surface area contributed by atoms with Gasteiger partial charge >= 0.3 is 0 Å². The van der Waals surface area contributed by atoms with E-state index in [1.165, 1.54) is 0 Å². The fraction of sp³-hybridized carbons (Fsp3) is 0.0833. The monoisotopic (exact) mass is 365 g/mol. The molecule has 1 atom stereocenters. The molecule has 136 valence electrons. The van der Waals surface area contributed by atoms with Crippen molar-refractivity contribution in [2.75, 3.05) is 4.90 Å². The normalized spacial score (nSPS) is 15.6. The second-order valence-electron chi connectivity index (χ2n) is 6.97. The van der Waals surface area contributed by atoms with Crippen LogP contribution in [0.25, 0.3) is 17.0 Å². The fourth-order valence-corrected chi connectivity index (χ4v) is 4.00. The summed E-state index contributed by atoms with van der Waals surface area (Å²) in [6, 6.07) is 21.3. The van der Waals surface area contributed by atoms with E-state index >= 15 is 0 Å². The van der Waals surface area contributed by atoms with Crippen LogP contribution in [0.2, 0.25) is 0 Å². The molecule has 0 fully saturated rings. The summed E-state index contributed by atoms with van der Waals surface area (Å²) in [6.45, 7) is 2.06. The molecule has 1 aliphatic heterocycles. The molecule has 1 unspecified atom stereocenters. The first kappa shape index (κ1) is 16.5. The Labute approximate surface area is 163 Å². The molecule has 1 N–H and O–H groups in total. The number of nitrogens with one attached hydrogen (secondary N) is 1. The number of hydrogen-bond acceptors (Lipinski definition) is 2. The summed E-state index contributed by atoms with van der Waals surface area (Å²) in [7, 11) is 0. The van der Waals surface area contributed by atoms with E-state index in [1.807, 2.05) is 59.5 Å². The highest BCUT2D eigenvalue weighted by Gasteiger charge is 2.33. The molecule has 2 aromatic heterocycles. The average Bonchev–Trinajstić information content (AvgIpc) is 3.08. The highest BCUT2D eigenvalue weighted by molar-refractivity contribution is 6.08. The molecule has 0 spiro atoms. The van der Waals surface area contributed by atoms with Crippen LogP contribution in [0.1, 0.15) is 33.2 Å². The predicted octanol–water partition coefficient (Wildman–Crippen LogP) is 5.29. The molecule has 5 rings (SSSR count). The molecule has 3 heterocycles. The van der Waals surface area contributed by atoms with Gasteiger partial charge in [0.15, 0.2) is 0 Å². The molecule has 4 aromatic rings. The maximum Gasteiger partial charge on any atom is 0.260 e.